The highest BCUT2D eigenvalue weighted by molar-refractivity contribution is 6.30. The molecule has 2 N–H and O–H groups in total. The summed E-state index contributed by atoms with van der Waals surface area (Å²) in [6, 6.07) is 14.5. The molecule has 0 saturated heterocycles. The van der Waals surface area contributed by atoms with Crippen molar-refractivity contribution >= 4 is 35.1 Å². The number of hydrogen-bond donors (Lipinski definition) is 2. The number of carbonyl (C=O) groups excluding carboxylic acids is 3. The van der Waals surface area contributed by atoms with Gasteiger partial charge in [0.15, 0.2) is 6.61 Å². The summed E-state index contributed by atoms with van der Waals surface area (Å²) < 4.78 is 5.00. The van der Waals surface area contributed by atoms with Crippen LogP contribution in [0.4, 0.5) is 5.69 Å². The normalized spacial score (nSPS) is 11.0. The molecule has 2 aromatic rings. The van der Waals surface area contributed by atoms with Gasteiger partial charge in [-0.1, -0.05) is 23.7 Å². The smallest absolute Gasteiger partial charge is 0.338 e. The molecule has 0 fully saturated rings. The third-order valence-electron chi connectivity index (χ3n) is 3.70. The molecule has 144 valence electrons. The Morgan fingerprint density at radius 2 is 1.86 bits per heavy atom. The first-order chi connectivity index (χ1) is 13.4. The van der Waals surface area contributed by atoms with Gasteiger partial charge in [-0.05, 0) is 48.9 Å². The minimum Gasteiger partial charge on any atom is -0.452 e. The Labute approximate surface area is 167 Å². The Balaban J connectivity index is 1.83. The van der Waals surface area contributed by atoms with Crippen LogP contribution < -0.4 is 10.6 Å². The number of esters is 1. The van der Waals surface area contributed by atoms with Crippen molar-refractivity contribution in [1.82, 2.24) is 5.32 Å². The summed E-state index contributed by atoms with van der Waals surface area (Å²) in [5.41, 5.74) is 1.51. The van der Waals surface area contributed by atoms with Crippen molar-refractivity contribution < 1.29 is 19.1 Å². The SMILES string of the molecule is C[C@H](NC(=O)COC(=O)c1ccc(NC(=O)CC#N)cc1)c1cccc(Cl)c1. The van der Waals surface area contributed by atoms with Crippen LogP contribution in [0.1, 0.15) is 35.3 Å². The molecule has 0 aliphatic heterocycles. The zero-order chi connectivity index (χ0) is 20.5. The standard InChI is InChI=1S/C20H18ClN3O4/c1-13(15-3-2-4-16(21)11-15)23-19(26)12-28-20(27)14-5-7-17(8-6-14)24-18(25)9-10-22/h2-8,11,13H,9,12H2,1H3,(H,23,26)(H,24,25)/t13-/m0/s1. The molecule has 0 aliphatic carbocycles. The van der Waals surface area contributed by atoms with E-state index >= 15 is 0 Å². The number of ether oxygens (including phenoxy) is 1. The van der Waals surface area contributed by atoms with E-state index < -0.39 is 24.4 Å². The van der Waals surface area contributed by atoms with Gasteiger partial charge in [-0.3, -0.25) is 9.59 Å². The molecule has 0 saturated carbocycles. The lowest BCUT2D eigenvalue weighted by Crippen LogP contribution is -2.31. The average molecular weight is 400 g/mol. The van der Waals surface area contributed by atoms with Crippen LogP contribution in [-0.2, 0) is 14.3 Å². The van der Waals surface area contributed by atoms with Gasteiger partial charge >= 0.3 is 5.97 Å². The summed E-state index contributed by atoms with van der Waals surface area (Å²) in [7, 11) is 0. The first-order valence-electron chi connectivity index (χ1n) is 8.38. The van der Waals surface area contributed by atoms with Gasteiger partial charge in [-0.15, -0.1) is 0 Å². The monoisotopic (exact) mass is 399 g/mol. The van der Waals surface area contributed by atoms with Gasteiger partial charge in [-0.2, -0.15) is 5.26 Å². The van der Waals surface area contributed by atoms with Crippen molar-refractivity contribution in [3.05, 3.63) is 64.7 Å². The van der Waals surface area contributed by atoms with Crippen molar-refractivity contribution in [2.24, 2.45) is 0 Å². The fourth-order valence-electron chi connectivity index (χ4n) is 2.32. The predicted octanol–water partition coefficient (Wildman–Crippen LogP) is 3.23. The highest BCUT2D eigenvalue weighted by atomic mass is 35.5. The highest BCUT2D eigenvalue weighted by Crippen LogP contribution is 2.17. The van der Waals surface area contributed by atoms with E-state index in [1.165, 1.54) is 24.3 Å². The van der Waals surface area contributed by atoms with Crippen LogP contribution in [0.15, 0.2) is 48.5 Å². The van der Waals surface area contributed by atoms with Crippen molar-refractivity contribution in [3.63, 3.8) is 0 Å². The molecule has 2 amide bonds. The van der Waals surface area contributed by atoms with Gasteiger partial charge in [0, 0.05) is 10.7 Å². The maximum absolute atomic E-state index is 12.0. The average Bonchev–Trinajstić information content (AvgIpc) is 2.67. The zero-order valence-electron chi connectivity index (χ0n) is 15.1. The first kappa shape index (κ1) is 20.9. The molecule has 0 aromatic heterocycles. The molecule has 0 spiro atoms. The molecule has 2 aromatic carbocycles. The molecule has 28 heavy (non-hydrogen) atoms. The molecule has 0 radical (unpaired) electrons. The fraction of sp³-hybridized carbons (Fsp3) is 0.200. The van der Waals surface area contributed by atoms with Crippen molar-refractivity contribution in [2.45, 2.75) is 19.4 Å². The Morgan fingerprint density at radius 1 is 1.14 bits per heavy atom. The summed E-state index contributed by atoms with van der Waals surface area (Å²) in [5.74, 6) is -1.55. The van der Waals surface area contributed by atoms with E-state index in [1.807, 2.05) is 6.07 Å². The van der Waals surface area contributed by atoms with E-state index in [0.29, 0.717) is 10.7 Å². The van der Waals surface area contributed by atoms with Gasteiger partial charge in [0.1, 0.15) is 6.42 Å². The lowest BCUT2D eigenvalue weighted by atomic mass is 10.1. The van der Waals surface area contributed by atoms with Crippen LogP contribution in [0.3, 0.4) is 0 Å². The predicted molar refractivity (Wildman–Crippen MR) is 104 cm³/mol. The van der Waals surface area contributed by atoms with Gasteiger partial charge in [-0.25, -0.2) is 4.79 Å². The Morgan fingerprint density at radius 3 is 2.50 bits per heavy atom. The van der Waals surface area contributed by atoms with Crippen LogP contribution in [0.2, 0.25) is 5.02 Å². The Kier molecular flexibility index (Phi) is 7.55. The zero-order valence-corrected chi connectivity index (χ0v) is 15.8. The fourth-order valence-corrected chi connectivity index (χ4v) is 2.52. The lowest BCUT2D eigenvalue weighted by Gasteiger charge is -2.14. The third-order valence-corrected chi connectivity index (χ3v) is 3.94. The number of nitrogens with zero attached hydrogens (tertiary/aromatic N) is 1. The first-order valence-corrected chi connectivity index (χ1v) is 8.75. The van der Waals surface area contributed by atoms with Gasteiger partial charge < -0.3 is 15.4 Å². The van der Waals surface area contributed by atoms with E-state index in [4.69, 9.17) is 21.6 Å². The van der Waals surface area contributed by atoms with E-state index in [0.717, 1.165) is 5.56 Å². The topological polar surface area (TPSA) is 108 Å². The van der Waals surface area contributed by atoms with Gasteiger partial charge in [0.05, 0.1) is 17.7 Å². The van der Waals surface area contributed by atoms with E-state index in [-0.39, 0.29) is 18.0 Å². The second-order valence-corrected chi connectivity index (χ2v) is 6.32. The highest BCUT2D eigenvalue weighted by Gasteiger charge is 2.13. The van der Waals surface area contributed by atoms with Crippen LogP contribution in [0.25, 0.3) is 0 Å². The number of anilines is 1. The van der Waals surface area contributed by atoms with Crippen LogP contribution in [0.5, 0.6) is 0 Å². The number of rotatable bonds is 7. The maximum Gasteiger partial charge on any atom is 0.338 e. The summed E-state index contributed by atoms with van der Waals surface area (Å²) >= 11 is 5.93. The molecule has 2 rings (SSSR count). The van der Waals surface area contributed by atoms with Crippen molar-refractivity contribution in [3.8, 4) is 6.07 Å². The molecule has 8 heteroatoms. The lowest BCUT2D eigenvalue weighted by molar-refractivity contribution is -0.124. The second-order valence-electron chi connectivity index (χ2n) is 5.88. The third kappa shape index (κ3) is 6.41. The molecule has 7 nitrogen and oxygen atoms in total. The number of nitriles is 1. The van der Waals surface area contributed by atoms with Gasteiger partial charge in [0.25, 0.3) is 5.91 Å². The maximum atomic E-state index is 12.0. The summed E-state index contributed by atoms with van der Waals surface area (Å²) in [6.45, 7) is 1.37. The quantitative estimate of drug-likeness (QED) is 0.695. The largest absolute Gasteiger partial charge is 0.452 e. The number of amides is 2. The van der Waals surface area contributed by atoms with Crippen molar-refractivity contribution in [2.75, 3.05) is 11.9 Å². The molecule has 0 aliphatic rings. The number of halogens is 1. The van der Waals surface area contributed by atoms with E-state index in [2.05, 4.69) is 10.6 Å². The summed E-state index contributed by atoms with van der Waals surface area (Å²) in [4.78, 5) is 35.4. The second kappa shape index (κ2) is 10.1. The van der Waals surface area contributed by atoms with Gasteiger partial charge in [0.2, 0.25) is 5.91 Å². The van der Waals surface area contributed by atoms with Crippen LogP contribution in [0, 0.1) is 11.3 Å². The van der Waals surface area contributed by atoms with Crippen molar-refractivity contribution in [1.29, 1.82) is 5.26 Å². The minimum absolute atomic E-state index is 0.231. The number of carbonyl (C=O) groups is 3. The van der Waals surface area contributed by atoms with E-state index in [1.54, 1.807) is 31.2 Å². The number of benzene rings is 2. The molecule has 1 atom stereocenters. The molecule has 0 unspecified atom stereocenters. The summed E-state index contributed by atoms with van der Waals surface area (Å²) in [5, 5.41) is 14.3. The van der Waals surface area contributed by atoms with Crippen LogP contribution >= 0.6 is 11.6 Å². The molecular formula is C20H18ClN3O4. The minimum atomic E-state index is -0.666. The number of hydrogen-bond acceptors (Lipinski definition) is 5. The molecule has 0 heterocycles. The van der Waals surface area contributed by atoms with E-state index in [9.17, 15) is 14.4 Å². The molecule has 0 bridgehead atoms. The van der Waals surface area contributed by atoms with Crippen LogP contribution in [-0.4, -0.2) is 24.4 Å². The Hall–Kier alpha value is -3.37. The Bertz CT molecular complexity index is 906. The number of nitrogens with one attached hydrogen (secondary N) is 2. The molecular weight excluding hydrogens is 382 g/mol. The summed E-state index contributed by atoms with van der Waals surface area (Å²) in [6.07, 6.45) is -0.257.